The average Bonchev–Trinajstić information content (AvgIpc) is 2.17. The Labute approximate surface area is 95.0 Å². The standard InChI is InChI=1S/C12H15F2N.H2O/c1-2-4-9-7-11(13)10(5-3-6-15)12(14)8-9;/h9-12H,2,4,7-8H2,1H3;1H2. The largest absolute Gasteiger partial charge is 0.412 e. The van der Waals surface area contributed by atoms with E-state index in [0.717, 1.165) is 12.8 Å². The monoisotopic (exact) mass is 229 g/mol. The Hall–Kier alpha value is -1.13. The highest BCUT2D eigenvalue weighted by Crippen LogP contribution is 2.35. The minimum atomic E-state index is -1.22. The van der Waals surface area contributed by atoms with Crippen molar-refractivity contribution in [1.29, 1.82) is 5.26 Å². The Morgan fingerprint density at radius 2 is 1.81 bits per heavy atom. The number of alkyl halides is 2. The topological polar surface area (TPSA) is 55.3 Å². The maximum Gasteiger partial charge on any atom is 0.152 e. The first-order chi connectivity index (χ1) is 7.19. The molecule has 0 heterocycles. The molecule has 0 bridgehead atoms. The van der Waals surface area contributed by atoms with Crippen molar-refractivity contribution in [2.45, 2.75) is 45.0 Å². The van der Waals surface area contributed by atoms with Crippen molar-refractivity contribution >= 4 is 0 Å². The van der Waals surface area contributed by atoms with Gasteiger partial charge in [-0.3, -0.25) is 0 Å². The molecule has 2 unspecified atom stereocenters. The van der Waals surface area contributed by atoms with Gasteiger partial charge >= 0.3 is 0 Å². The lowest BCUT2D eigenvalue weighted by molar-refractivity contribution is 0.0721. The van der Waals surface area contributed by atoms with Crippen molar-refractivity contribution in [2.24, 2.45) is 11.8 Å². The van der Waals surface area contributed by atoms with Gasteiger partial charge in [-0.15, -0.1) is 0 Å². The van der Waals surface area contributed by atoms with Crippen molar-refractivity contribution in [2.75, 3.05) is 0 Å². The van der Waals surface area contributed by atoms with Crippen LogP contribution in [0.2, 0.25) is 0 Å². The fourth-order valence-corrected chi connectivity index (χ4v) is 2.19. The summed E-state index contributed by atoms with van der Waals surface area (Å²) in [5.74, 6) is 3.72. The van der Waals surface area contributed by atoms with Crippen LogP contribution >= 0.6 is 0 Å². The maximum atomic E-state index is 13.5. The summed E-state index contributed by atoms with van der Waals surface area (Å²) in [5, 5.41) is 8.24. The third-order valence-electron chi connectivity index (χ3n) is 2.89. The molecule has 1 saturated carbocycles. The highest BCUT2D eigenvalue weighted by molar-refractivity contribution is 5.21. The summed E-state index contributed by atoms with van der Waals surface area (Å²) in [5.41, 5.74) is 0. The predicted octanol–water partition coefficient (Wildman–Crippen LogP) is 2.19. The number of hydrogen-bond acceptors (Lipinski definition) is 1. The van der Waals surface area contributed by atoms with Crippen LogP contribution in [0.3, 0.4) is 0 Å². The summed E-state index contributed by atoms with van der Waals surface area (Å²) < 4.78 is 27.1. The summed E-state index contributed by atoms with van der Waals surface area (Å²) in [6, 6.07) is 1.60. The zero-order valence-corrected chi connectivity index (χ0v) is 9.34. The average molecular weight is 229 g/mol. The molecule has 4 heteroatoms. The third kappa shape index (κ3) is 3.79. The summed E-state index contributed by atoms with van der Waals surface area (Å²) in [6.45, 7) is 2.02. The van der Waals surface area contributed by atoms with E-state index in [0.29, 0.717) is 12.8 Å². The Balaban J connectivity index is 0.00000225. The van der Waals surface area contributed by atoms with Gasteiger partial charge < -0.3 is 5.48 Å². The molecule has 1 rings (SSSR count). The number of hydrogen-bond donors (Lipinski definition) is 0. The first kappa shape index (κ1) is 14.9. The first-order valence-corrected chi connectivity index (χ1v) is 5.36. The van der Waals surface area contributed by atoms with Crippen LogP contribution in [0.15, 0.2) is 0 Å². The van der Waals surface area contributed by atoms with Crippen molar-refractivity contribution in [1.82, 2.24) is 0 Å². The highest BCUT2D eigenvalue weighted by atomic mass is 19.1. The summed E-state index contributed by atoms with van der Waals surface area (Å²) in [7, 11) is 0. The normalized spacial score (nSPS) is 32.9. The van der Waals surface area contributed by atoms with Gasteiger partial charge in [-0.1, -0.05) is 25.7 Å². The van der Waals surface area contributed by atoms with Gasteiger partial charge in [-0.25, -0.2) is 8.78 Å². The molecular weight excluding hydrogens is 212 g/mol. The zero-order valence-electron chi connectivity index (χ0n) is 9.34. The fraction of sp³-hybridized carbons (Fsp3) is 0.750. The molecule has 0 radical (unpaired) electrons. The summed E-state index contributed by atoms with van der Waals surface area (Å²) in [6.07, 6.45) is 0.174. The van der Waals surface area contributed by atoms with E-state index in [2.05, 4.69) is 11.8 Å². The van der Waals surface area contributed by atoms with Crippen LogP contribution in [0, 0.1) is 35.0 Å². The van der Waals surface area contributed by atoms with Gasteiger partial charge in [0.15, 0.2) is 6.07 Å². The Kier molecular flexibility index (Phi) is 6.69. The van der Waals surface area contributed by atoms with Crippen molar-refractivity contribution < 1.29 is 14.3 Å². The van der Waals surface area contributed by atoms with Gasteiger partial charge in [0.25, 0.3) is 0 Å². The molecule has 1 aliphatic carbocycles. The minimum absolute atomic E-state index is 0. The van der Waals surface area contributed by atoms with Crippen LogP contribution in [-0.2, 0) is 0 Å². The van der Waals surface area contributed by atoms with E-state index in [4.69, 9.17) is 5.26 Å². The number of nitrogens with zero attached hydrogens (tertiary/aromatic N) is 1. The van der Waals surface area contributed by atoms with Gasteiger partial charge in [0.2, 0.25) is 0 Å². The highest BCUT2D eigenvalue weighted by Gasteiger charge is 2.37. The molecule has 0 aromatic heterocycles. The molecule has 16 heavy (non-hydrogen) atoms. The molecule has 2 nitrogen and oxygen atoms in total. The predicted molar refractivity (Wildman–Crippen MR) is 57.9 cm³/mol. The van der Waals surface area contributed by atoms with E-state index in [-0.39, 0.29) is 11.4 Å². The molecule has 0 saturated heterocycles. The van der Waals surface area contributed by atoms with E-state index >= 15 is 0 Å². The van der Waals surface area contributed by atoms with E-state index in [1.807, 2.05) is 6.92 Å². The lowest BCUT2D eigenvalue weighted by atomic mass is 9.78. The minimum Gasteiger partial charge on any atom is -0.412 e. The fourth-order valence-electron chi connectivity index (χ4n) is 2.19. The van der Waals surface area contributed by atoms with Gasteiger partial charge in [0.1, 0.15) is 12.3 Å². The van der Waals surface area contributed by atoms with Gasteiger partial charge in [-0.05, 0) is 18.8 Å². The molecule has 0 aromatic carbocycles. The maximum absolute atomic E-state index is 13.5. The molecule has 1 fully saturated rings. The Morgan fingerprint density at radius 3 is 2.25 bits per heavy atom. The van der Waals surface area contributed by atoms with E-state index in [9.17, 15) is 8.78 Å². The van der Waals surface area contributed by atoms with E-state index < -0.39 is 18.3 Å². The summed E-state index contributed by atoms with van der Waals surface area (Å²) in [4.78, 5) is 0. The van der Waals surface area contributed by atoms with Crippen molar-refractivity contribution in [3.05, 3.63) is 0 Å². The molecule has 90 valence electrons. The van der Waals surface area contributed by atoms with Gasteiger partial charge in [0, 0.05) is 5.92 Å². The molecule has 1 aliphatic rings. The second-order valence-electron chi connectivity index (χ2n) is 4.07. The van der Waals surface area contributed by atoms with Gasteiger partial charge in [-0.2, -0.15) is 5.26 Å². The second kappa shape index (κ2) is 7.19. The number of halogens is 2. The molecular formula is C12H17F2NO. The Morgan fingerprint density at radius 1 is 1.25 bits per heavy atom. The van der Waals surface area contributed by atoms with E-state index in [1.165, 1.54) is 0 Å². The molecule has 2 atom stereocenters. The lowest BCUT2D eigenvalue weighted by Gasteiger charge is -2.31. The smallest absolute Gasteiger partial charge is 0.152 e. The molecule has 2 N–H and O–H groups in total. The second-order valence-corrected chi connectivity index (χ2v) is 4.07. The molecule has 0 spiro atoms. The lowest BCUT2D eigenvalue weighted by Crippen LogP contribution is -2.34. The molecule has 0 amide bonds. The third-order valence-corrected chi connectivity index (χ3v) is 2.89. The molecule has 0 aromatic rings. The van der Waals surface area contributed by atoms with Crippen LogP contribution in [0.25, 0.3) is 0 Å². The van der Waals surface area contributed by atoms with Crippen molar-refractivity contribution in [3.8, 4) is 17.9 Å². The SMILES string of the molecule is CCCC1CC(F)C(C#CC#N)C(F)C1.O. The van der Waals surface area contributed by atoms with Crippen LogP contribution in [0.1, 0.15) is 32.6 Å². The first-order valence-electron chi connectivity index (χ1n) is 5.36. The molecule has 0 aliphatic heterocycles. The number of nitriles is 1. The van der Waals surface area contributed by atoms with Gasteiger partial charge in [0.05, 0.1) is 5.92 Å². The van der Waals surface area contributed by atoms with Crippen LogP contribution < -0.4 is 0 Å². The van der Waals surface area contributed by atoms with Crippen LogP contribution in [-0.4, -0.2) is 17.8 Å². The van der Waals surface area contributed by atoms with Crippen LogP contribution in [0.4, 0.5) is 8.78 Å². The van der Waals surface area contributed by atoms with Crippen LogP contribution in [0.5, 0.6) is 0 Å². The van der Waals surface area contributed by atoms with Crippen molar-refractivity contribution in [3.63, 3.8) is 0 Å². The summed E-state index contributed by atoms with van der Waals surface area (Å²) >= 11 is 0. The zero-order chi connectivity index (χ0) is 11.3. The number of rotatable bonds is 2. The van der Waals surface area contributed by atoms with E-state index in [1.54, 1.807) is 6.07 Å². The Bertz CT molecular complexity index is 290. The quantitative estimate of drug-likeness (QED) is 0.669.